The maximum atomic E-state index is 11.9. The van der Waals surface area contributed by atoms with Crippen molar-refractivity contribution in [3.63, 3.8) is 0 Å². The van der Waals surface area contributed by atoms with Gasteiger partial charge in [0.1, 0.15) is 5.69 Å². The Morgan fingerprint density at radius 1 is 1.21 bits per heavy atom. The number of anilines is 1. The van der Waals surface area contributed by atoms with Crippen LogP contribution in [0.5, 0.6) is 0 Å². The summed E-state index contributed by atoms with van der Waals surface area (Å²) in [6.07, 6.45) is 0. The SMILES string of the molecule is Cc1ccc(NC(=O)c2cc(=O)[nH]c(=O)[nH]2)cc1Br. The van der Waals surface area contributed by atoms with Crippen molar-refractivity contribution in [2.45, 2.75) is 6.92 Å². The number of aryl methyl sites for hydroxylation is 1. The van der Waals surface area contributed by atoms with Gasteiger partial charge in [0.2, 0.25) is 0 Å². The third-order valence-corrected chi connectivity index (χ3v) is 3.29. The molecule has 6 nitrogen and oxygen atoms in total. The van der Waals surface area contributed by atoms with E-state index in [0.29, 0.717) is 5.69 Å². The number of rotatable bonds is 2. The standard InChI is InChI=1S/C12H10BrN3O3/c1-6-2-3-7(4-8(6)13)14-11(18)9-5-10(17)16-12(19)15-9/h2-5H,1H3,(H,14,18)(H2,15,16,17,19). The summed E-state index contributed by atoms with van der Waals surface area (Å²) < 4.78 is 0.852. The Labute approximate surface area is 116 Å². The minimum atomic E-state index is -0.720. The van der Waals surface area contributed by atoms with Gasteiger partial charge in [0, 0.05) is 16.2 Å². The molecule has 0 aliphatic carbocycles. The Hall–Kier alpha value is -2.15. The van der Waals surface area contributed by atoms with Crippen LogP contribution in [-0.2, 0) is 0 Å². The Morgan fingerprint density at radius 2 is 1.95 bits per heavy atom. The van der Waals surface area contributed by atoms with Gasteiger partial charge in [0.15, 0.2) is 0 Å². The van der Waals surface area contributed by atoms with Crippen LogP contribution < -0.4 is 16.6 Å². The number of benzene rings is 1. The highest BCUT2D eigenvalue weighted by molar-refractivity contribution is 9.10. The molecule has 19 heavy (non-hydrogen) atoms. The summed E-state index contributed by atoms with van der Waals surface area (Å²) in [7, 11) is 0. The second-order valence-corrected chi connectivity index (χ2v) is 4.77. The number of carbonyl (C=O) groups is 1. The van der Waals surface area contributed by atoms with Crippen molar-refractivity contribution in [1.82, 2.24) is 9.97 Å². The molecular formula is C12H10BrN3O3. The Bertz CT molecular complexity index is 720. The molecular weight excluding hydrogens is 314 g/mol. The fourth-order valence-corrected chi connectivity index (χ4v) is 1.84. The number of aromatic nitrogens is 2. The Morgan fingerprint density at radius 3 is 2.58 bits per heavy atom. The fraction of sp³-hybridized carbons (Fsp3) is 0.0833. The first kappa shape index (κ1) is 13.3. The molecule has 2 aromatic rings. The highest BCUT2D eigenvalue weighted by Gasteiger charge is 2.09. The second-order valence-electron chi connectivity index (χ2n) is 3.92. The minimum Gasteiger partial charge on any atom is -0.321 e. The minimum absolute atomic E-state index is 0.0922. The van der Waals surface area contributed by atoms with Gasteiger partial charge < -0.3 is 10.3 Å². The van der Waals surface area contributed by atoms with Gasteiger partial charge in [0.25, 0.3) is 11.5 Å². The van der Waals surface area contributed by atoms with Crippen LogP contribution in [0.2, 0.25) is 0 Å². The van der Waals surface area contributed by atoms with Crippen LogP contribution in [0.4, 0.5) is 5.69 Å². The summed E-state index contributed by atoms with van der Waals surface area (Å²) in [5.74, 6) is -0.557. The molecule has 0 atom stereocenters. The average molecular weight is 324 g/mol. The van der Waals surface area contributed by atoms with Gasteiger partial charge in [-0.2, -0.15) is 0 Å². The molecule has 0 saturated heterocycles. The number of halogens is 1. The zero-order chi connectivity index (χ0) is 14.0. The van der Waals surface area contributed by atoms with Crippen molar-refractivity contribution in [2.75, 3.05) is 5.32 Å². The number of hydrogen-bond acceptors (Lipinski definition) is 3. The van der Waals surface area contributed by atoms with Gasteiger partial charge in [0.05, 0.1) is 0 Å². The first-order valence-electron chi connectivity index (χ1n) is 5.37. The van der Waals surface area contributed by atoms with E-state index in [1.165, 1.54) is 0 Å². The number of amides is 1. The van der Waals surface area contributed by atoms with Crippen LogP contribution in [0.15, 0.2) is 38.3 Å². The fourth-order valence-electron chi connectivity index (χ4n) is 1.46. The molecule has 0 fully saturated rings. The molecule has 0 spiro atoms. The van der Waals surface area contributed by atoms with E-state index in [4.69, 9.17) is 0 Å². The predicted octanol–water partition coefficient (Wildman–Crippen LogP) is 1.39. The van der Waals surface area contributed by atoms with Gasteiger partial charge in [-0.15, -0.1) is 0 Å². The zero-order valence-electron chi connectivity index (χ0n) is 9.91. The second kappa shape index (κ2) is 5.23. The quantitative estimate of drug-likeness (QED) is 0.779. The van der Waals surface area contributed by atoms with Gasteiger partial charge in [-0.05, 0) is 24.6 Å². The van der Waals surface area contributed by atoms with E-state index in [1.54, 1.807) is 12.1 Å². The molecule has 1 amide bonds. The van der Waals surface area contributed by atoms with Crippen LogP contribution in [0.25, 0.3) is 0 Å². The highest BCUT2D eigenvalue weighted by atomic mass is 79.9. The van der Waals surface area contributed by atoms with Crippen molar-refractivity contribution in [1.29, 1.82) is 0 Å². The molecule has 1 aromatic carbocycles. The third kappa shape index (κ3) is 3.19. The number of nitrogens with one attached hydrogen (secondary N) is 3. The van der Waals surface area contributed by atoms with Gasteiger partial charge in [-0.1, -0.05) is 22.0 Å². The Kier molecular flexibility index (Phi) is 3.66. The average Bonchev–Trinajstić information content (AvgIpc) is 2.32. The van der Waals surface area contributed by atoms with E-state index in [2.05, 4.69) is 26.2 Å². The first-order valence-corrected chi connectivity index (χ1v) is 6.16. The summed E-state index contributed by atoms with van der Waals surface area (Å²) in [5.41, 5.74) is 0.151. The Balaban J connectivity index is 2.27. The lowest BCUT2D eigenvalue weighted by molar-refractivity contribution is 0.102. The van der Waals surface area contributed by atoms with Crippen LogP contribution >= 0.6 is 15.9 Å². The van der Waals surface area contributed by atoms with Crippen LogP contribution in [-0.4, -0.2) is 15.9 Å². The lowest BCUT2D eigenvalue weighted by Crippen LogP contribution is -2.27. The molecule has 98 valence electrons. The topological polar surface area (TPSA) is 94.8 Å². The monoisotopic (exact) mass is 323 g/mol. The van der Waals surface area contributed by atoms with E-state index in [-0.39, 0.29) is 5.69 Å². The number of H-pyrrole nitrogens is 2. The molecule has 0 radical (unpaired) electrons. The lowest BCUT2D eigenvalue weighted by Gasteiger charge is -2.06. The van der Waals surface area contributed by atoms with Crippen molar-refractivity contribution in [3.05, 3.63) is 60.8 Å². The molecule has 0 bridgehead atoms. The summed E-state index contributed by atoms with van der Waals surface area (Å²) >= 11 is 3.35. The molecule has 3 N–H and O–H groups in total. The summed E-state index contributed by atoms with van der Waals surface area (Å²) in [5, 5.41) is 2.59. The molecule has 2 rings (SSSR count). The number of aromatic amines is 2. The molecule has 1 aromatic heterocycles. The van der Waals surface area contributed by atoms with Gasteiger partial charge in [-0.3, -0.25) is 14.6 Å². The van der Waals surface area contributed by atoms with E-state index in [1.807, 2.05) is 18.0 Å². The smallest absolute Gasteiger partial charge is 0.321 e. The number of carbonyl (C=O) groups excluding carboxylic acids is 1. The van der Waals surface area contributed by atoms with Crippen molar-refractivity contribution < 1.29 is 4.79 Å². The highest BCUT2D eigenvalue weighted by Crippen LogP contribution is 2.20. The van der Waals surface area contributed by atoms with Gasteiger partial charge in [-0.25, -0.2) is 4.79 Å². The van der Waals surface area contributed by atoms with E-state index in [0.717, 1.165) is 16.1 Å². The van der Waals surface area contributed by atoms with Crippen LogP contribution in [0, 0.1) is 6.92 Å². The van der Waals surface area contributed by atoms with Crippen molar-refractivity contribution in [3.8, 4) is 0 Å². The zero-order valence-corrected chi connectivity index (χ0v) is 11.5. The maximum Gasteiger partial charge on any atom is 0.326 e. The maximum absolute atomic E-state index is 11.9. The van der Waals surface area contributed by atoms with Crippen LogP contribution in [0.1, 0.15) is 16.1 Å². The number of hydrogen-bond donors (Lipinski definition) is 3. The summed E-state index contributed by atoms with van der Waals surface area (Å²) in [6.45, 7) is 1.92. The van der Waals surface area contributed by atoms with Gasteiger partial charge >= 0.3 is 5.69 Å². The summed E-state index contributed by atoms with van der Waals surface area (Å²) in [6, 6.07) is 6.32. The lowest BCUT2D eigenvalue weighted by atomic mass is 10.2. The predicted molar refractivity (Wildman–Crippen MR) is 74.5 cm³/mol. The van der Waals surface area contributed by atoms with Crippen molar-refractivity contribution >= 4 is 27.5 Å². The summed E-state index contributed by atoms with van der Waals surface area (Å²) in [4.78, 5) is 38.3. The van der Waals surface area contributed by atoms with E-state index < -0.39 is 17.2 Å². The molecule has 0 unspecified atom stereocenters. The molecule has 7 heteroatoms. The van der Waals surface area contributed by atoms with E-state index in [9.17, 15) is 14.4 Å². The molecule has 0 saturated carbocycles. The normalized spacial score (nSPS) is 10.2. The van der Waals surface area contributed by atoms with E-state index >= 15 is 0 Å². The van der Waals surface area contributed by atoms with Crippen LogP contribution in [0.3, 0.4) is 0 Å². The molecule has 0 aliphatic heterocycles. The molecule has 0 aliphatic rings. The molecule has 1 heterocycles. The third-order valence-electron chi connectivity index (χ3n) is 2.43. The first-order chi connectivity index (χ1) is 8.95. The van der Waals surface area contributed by atoms with Crippen molar-refractivity contribution in [2.24, 2.45) is 0 Å². The largest absolute Gasteiger partial charge is 0.326 e.